The molecule has 3 rings (SSSR count). The van der Waals surface area contributed by atoms with Crippen LogP contribution in [0.15, 0.2) is 6.20 Å². The van der Waals surface area contributed by atoms with Gasteiger partial charge in [-0.2, -0.15) is 0 Å². The molecule has 0 aliphatic heterocycles. The largest absolute Gasteiger partial charge is 0.467 e. The number of rotatable bonds is 8. The Morgan fingerprint density at radius 2 is 2.00 bits per heavy atom. The predicted molar refractivity (Wildman–Crippen MR) is 82.5 cm³/mol. The van der Waals surface area contributed by atoms with Crippen LogP contribution in [0.5, 0.6) is 0 Å². The molecule has 1 aromatic heterocycles. The molecule has 1 aromatic rings. The number of hydrogen-bond acceptors (Lipinski definition) is 5. The fourth-order valence-electron chi connectivity index (χ4n) is 3.36. The molecule has 2 saturated carbocycles. The summed E-state index contributed by atoms with van der Waals surface area (Å²) in [5, 5.41) is 10.6. The fourth-order valence-corrected chi connectivity index (χ4v) is 3.36. The van der Waals surface area contributed by atoms with E-state index in [1.165, 1.54) is 13.3 Å². The Kier molecular flexibility index (Phi) is 4.63. The number of carbonyl (C=O) groups excluding carboxylic acids is 2. The summed E-state index contributed by atoms with van der Waals surface area (Å²) in [5.41, 5.74) is 0.395. The summed E-state index contributed by atoms with van der Waals surface area (Å²) in [5.74, 6) is 0.611. The van der Waals surface area contributed by atoms with E-state index in [1.807, 2.05) is 6.92 Å². The standard InChI is InChI=1S/C16H24N4O3/c1-3-8-20-12(9-17-19-20)15(21)18-14(16(22)23-2)13(10-4-5-10)11-6-7-11/h9-11,13-14H,3-8H2,1-2H3,(H,18,21)/t14-/m0/s1. The van der Waals surface area contributed by atoms with Crippen molar-refractivity contribution < 1.29 is 14.3 Å². The van der Waals surface area contributed by atoms with Crippen molar-refractivity contribution in [1.29, 1.82) is 0 Å². The Bertz CT molecular complexity index is 566. The summed E-state index contributed by atoms with van der Waals surface area (Å²) in [6.45, 7) is 2.64. The number of aromatic nitrogens is 3. The topological polar surface area (TPSA) is 86.1 Å². The molecule has 0 aromatic carbocycles. The summed E-state index contributed by atoms with van der Waals surface area (Å²) in [4.78, 5) is 24.9. The number of hydrogen-bond donors (Lipinski definition) is 1. The van der Waals surface area contributed by atoms with E-state index in [0.717, 1.165) is 32.1 Å². The van der Waals surface area contributed by atoms with Gasteiger partial charge in [-0.3, -0.25) is 4.79 Å². The van der Waals surface area contributed by atoms with Gasteiger partial charge in [0.05, 0.1) is 13.3 Å². The number of nitrogens with one attached hydrogen (secondary N) is 1. The summed E-state index contributed by atoms with van der Waals surface area (Å²) >= 11 is 0. The monoisotopic (exact) mass is 320 g/mol. The van der Waals surface area contributed by atoms with Gasteiger partial charge in [0.25, 0.3) is 5.91 Å². The van der Waals surface area contributed by atoms with Gasteiger partial charge in [-0.25, -0.2) is 9.48 Å². The van der Waals surface area contributed by atoms with Gasteiger partial charge in [0.1, 0.15) is 11.7 Å². The molecule has 2 aliphatic rings. The zero-order chi connectivity index (χ0) is 16.4. The SMILES string of the molecule is CCCn1nncc1C(=O)N[C@H](C(=O)OC)C(C1CC1)C1CC1. The highest BCUT2D eigenvalue weighted by Gasteiger charge is 2.48. The molecule has 1 atom stereocenters. The van der Waals surface area contributed by atoms with Gasteiger partial charge in [-0.05, 0) is 49.9 Å². The lowest BCUT2D eigenvalue weighted by atomic mass is 9.89. The second-order valence-electron chi connectivity index (χ2n) is 6.57. The lowest BCUT2D eigenvalue weighted by molar-refractivity contribution is -0.145. The molecule has 0 unspecified atom stereocenters. The average Bonchev–Trinajstić information content (AvgIpc) is 3.47. The van der Waals surface area contributed by atoms with Gasteiger partial charge in [-0.15, -0.1) is 5.10 Å². The molecule has 2 aliphatic carbocycles. The van der Waals surface area contributed by atoms with Crippen molar-refractivity contribution in [1.82, 2.24) is 20.3 Å². The second kappa shape index (κ2) is 6.68. The normalized spacial score (nSPS) is 18.7. The molecule has 1 N–H and O–H groups in total. The molecule has 0 bridgehead atoms. The highest BCUT2D eigenvalue weighted by atomic mass is 16.5. The fraction of sp³-hybridized carbons (Fsp3) is 0.750. The van der Waals surface area contributed by atoms with Crippen LogP contribution in [0.2, 0.25) is 0 Å². The molecule has 7 nitrogen and oxygen atoms in total. The van der Waals surface area contributed by atoms with Crippen molar-refractivity contribution >= 4 is 11.9 Å². The molecule has 1 amide bonds. The molecular formula is C16H24N4O3. The minimum absolute atomic E-state index is 0.196. The molecule has 0 saturated heterocycles. The van der Waals surface area contributed by atoms with E-state index in [1.54, 1.807) is 4.68 Å². The molecule has 126 valence electrons. The molecule has 7 heteroatoms. The van der Waals surface area contributed by atoms with Gasteiger partial charge in [0.2, 0.25) is 0 Å². The molecule has 2 fully saturated rings. The third-order valence-electron chi connectivity index (χ3n) is 4.75. The van der Waals surface area contributed by atoms with Crippen LogP contribution in [-0.4, -0.2) is 40.0 Å². The molecule has 1 heterocycles. The maximum Gasteiger partial charge on any atom is 0.328 e. The van der Waals surface area contributed by atoms with Crippen LogP contribution in [0.25, 0.3) is 0 Å². The van der Waals surface area contributed by atoms with Gasteiger partial charge < -0.3 is 10.1 Å². The van der Waals surface area contributed by atoms with Gasteiger partial charge in [0, 0.05) is 6.54 Å². The quantitative estimate of drug-likeness (QED) is 0.732. The first kappa shape index (κ1) is 16.0. The van der Waals surface area contributed by atoms with Crippen LogP contribution >= 0.6 is 0 Å². The van der Waals surface area contributed by atoms with E-state index in [-0.39, 0.29) is 17.8 Å². The Hall–Kier alpha value is -1.92. The van der Waals surface area contributed by atoms with Gasteiger partial charge in [-0.1, -0.05) is 12.1 Å². The Labute approximate surface area is 135 Å². The number of amides is 1. The van der Waals surface area contributed by atoms with Crippen LogP contribution < -0.4 is 5.32 Å². The maximum atomic E-state index is 12.6. The third kappa shape index (κ3) is 3.54. The lowest BCUT2D eigenvalue weighted by Crippen LogP contribution is -2.48. The first-order valence-electron chi connectivity index (χ1n) is 8.42. The zero-order valence-corrected chi connectivity index (χ0v) is 13.7. The van der Waals surface area contributed by atoms with Gasteiger partial charge in [0.15, 0.2) is 0 Å². The van der Waals surface area contributed by atoms with E-state index in [0.29, 0.717) is 24.1 Å². The number of methoxy groups -OCH3 is 1. The smallest absolute Gasteiger partial charge is 0.328 e. The molecular weight excluding hydrogens is 296 g/mol. The Balaban J connectivity index is 1.76. The average molecular weight is 320 g/mol. The van der Waals surface area contributed by atoms with Crippen LogP contribution in [0.1, 0.15) is 49.5 Å². The highest BCUT2D eigenvalue weighted by molar-refractivity contribution is 5.95. The number of nitrogens with zero attached hydrogens (tertiary/aromatic N) is 3. The maximum absolute atomic E-state index is 12.6. The first-order chi connectivity index (χ1) is 11.2. The number of aryl methyl sites for hydroxylation is 1. The van der Waals surface area contributed by atoms with E-state index in [9.17, 15) is 9.59 Å². The van der Waals surface area contributed by atoms with Crippen LogP contribution in [0.4, 0.5) is 0 Å². The van der Waals surface area contributed by atoms with Crippen molar-refractivity contribution in [2.75, 3.05) is 7.11 Å². The minimum Gasteiger partial charge on any atom is -0.467 e. The van der Waals surface area contributed by atoms with Crippen LogP contribution in [0, 0.1) is 17.8 Å². The van der Waals surface area contributed by atoms with E-state index in [4.69, 9.17) is 4.74 Å². The van der Waals surface area contributed by atoms with E-state index >= 15 is 0 Å². The number of esters is 1. The lowest BCUT2D eigenvalue weighted by Gasteiger charge is -2.26. The van der Waals surface area contributed by atoms with Crippen molar-refractivity contribution in [2.24, 2.45) is 17.8 Å². The predicted octanol–water partition coefficient (Wildman–Crippen LogP) is 1.40. The van der Waals surface area contributed by atoms with Crippen molar-refractivity contribution in [3.8, 4) is 0 Å². The number of carbonyl (C=O) groups is 2. The van der Waals surface area contributed by atoms with Crippen molar-refractivity contribution in [3.05, 3.63) is 11.9 Å². The number of ether oxygens (including phenoxy) is 1. The minimum atomic E-state index is -0.572. The highest BCUT2D eigenvalue weighted by Crippen LogP contribution is 2.50. The summed E-state index contributed by atoms with van der Waals surface area (Å²) < 4.78 is 6.53. The van der Waals surface area contributed by atoms with Gasteiger partial charge >= 0.3 is 5.97 Å². The zero-order valence-electron chi connectivity index (χ0n) is 13.7. The summed E-state index contributed by atoms with van der Waals surface area (Å²) in [7, 11) is 1.38. The van der Waals surface area contributed by atoms with Crippen molar-refractivity contribution in [3.63, 3.8) is 0 Å². The Morgan fingerprint density at radius 1 is 1.35 bits per heavy atom. The molecule has 0 radical (unpaired) electrons. The van der Waals surface area contributed by atoms with E-state index < -0.39 is 6.04 Å². The third-order valence-corrected chi connectivity index (χ3v) is 4.75. The second-order valence-corrected chi connectivity index (χ2v) is 6.57. The summed E-state index contributed by atoms with van der Waals surface area (Å²) in [6.07, 6.45) is 6.86. The van der Waals surface area contributed by atoms with E-state index in [2.05, 4.69) is 15.6 Å². The molecule has 0 spiro atoms. The summed E-state index contributed by atoms with van der Waals surface area (Å²) in [6, 6.07) is -0.572. The van der Waals surface area contributed by atoms with Crippen molar-refractivity contribution in [2.45, 2.75) is 51.6 Å². The Morgan fingerprint density at radius 3 is 2.52 bits per heavy atom. The first-order valence-corrected chi connectivity index (χ1v) is 8.42. The molecule has 23 heavy (non-hydrogen) atoms. The van der Waals surface area contributed by atoms with Crippen LogP contribution in [0.3, 0.4) is 0 Å². The van der Waals surface area contributed by atoms with Crippen LogP contribution in [-0.2, 0) is 16.1 Å².